The number of amides is 1. The number of hydrogen-bond donors (Lipinski definition) is 2. The Morgan fingerprint density at radius 2 is 2.29 bits per heavy atom. The standard InChI is InChI=1S/C12H13ClN6OS/c1-2-6-19-17-11(16-18-19)15-12(21)14-10(20)8-4-3-5-9(13)7-8/h3-5,7H,2,6H2,1H3,(H2,14,15,17,20,21). The molecule has 2 rings (SSSR count). The number of benzene rings is 1. The monoisotopic (exact) mass is 324 g/mol. The van der Waals surface area contributed by atoms with Crippen molar-refractivity contribution in [2.75, 3.05) is 5.32 Å². The summed E-state index contributed by atoms with van der Waals surface area (Å²) < 4.78 is 0. The molecular formula is C12H13ClN6OS. The second kappa shape index (κ2) is 7.09. The summed E-state index contributed by atoms with van der Waals surface area (Å²) in [6.45, 7) is 2.67. The predicted molar refractivity (Wildman–Crippen MR) is 83.2 cm³/mol. The zero-order chi connectivity index (χ0) is 15.2. The molecule has 0 saturated carbocycles. The van der Waals surface area contributed by atoms with Gasteiger partial charge in [-0.3, -0.25) is 15.4 Å². The Hall–Kier alpha value is -2.06. The molecule has 0 aliphatic rings. The summed E-state index contributed by atoms with van der Waals surface area (Å²) in [6.07, 6.45) is 0.895. The molecule has 0 aliphatic heterocycles. The van der Waals surface area contributed by atoms with E-state index in [2.05, 4.69) is 26.0 Å². The van der Waals surface area contributed by atoms with Gasteiger partial charge in [0, 0.05) is 10.6 Å². The molecule has 110 valence electrons. The first-order valence-corrected chi connectivity index (χ1v) is 7.03. The van der Waals surface area contributed by atoms with Crippen molar-refractivity contribution in [3.63, 3.8) is 0 Å². The van der Waals surface area contributed by atoms with Crippen LogP contribution in [0.4, 0.5) is 5.95 Å². The number of nitrogens with one attached hydrogen (secondary N) is 2. The lowest BCUT2D eigenvalue weighted by Crippen LogP contribution is -2.34. The number of carbonyl (C=O) groups is 1. The Morgan fingerprint density at radius 1 is 1.48 bits per heavy atom. The van der Waals surface area contributed by atoms with E-state index in [0.29, 0.717) is 17.1 Å². The van der Waals surface area contributed by atoms with Gasteiger partial charge < -0.3 is 0 Å². The third-order valence-corrected chi connectivity index (χ3v) is 2.85. The number of nitrogens with zero attached hydrogens (tertiary/aromatic N) is 4. The average Bonchev–Trinajstić information content (AvgIpc) is 2.86. The van der Waals surface area contributed by atoms with Crippen LogP contribution in [-0.4, -0.2) is 31.2 Å². The molecule has 2 aromatic rings. The van der Waals surface area contributed by atoms with Crippen LogP contribution in [0.15, 0.2) is 24.3 Å². The van der Waals surface area contributed by atoms with Crippen LogP contribution >= 0.6 is 23.8 Å². The van der Waals surface area contributed by atoms with Gasteiger partial charge >= 0.3 is 0 Å². The third kappa shape index (κ3) is 4.47. The highest BCUT2D eigenvalue weighted by Crippen LogP contribution is 2.10. The van der Waals surface area contributed by atoms with Crippen LogP contribution in [0.1, 0.15) is 23.7 Å². The topological polar surface area (TPSA) is 84.7 Å². The van der Waals surface area contributed by atoms with Gasteiger partial charge in [-0.15, -0.1) is 5.10 Å². The quantitative estimate of drug-likeness (QED) is 0.835. The molecule has 7 nitrogen and oxygen atoms in total. The van der Waals surface area contributed by atoms with Gasteiger partial charge in [0.1, 0.15) is 0 Å². The van der Waals surface area contributed by atoms with Gasteiger partial charge in [0.15, 0.2) is 5.11 Å². The predicted octanol–water partition coefficient (Wildman–Crippen LogP) is 1.86. The van der Waals surface area contributed by atoms with E-state index in [1.54, 1.807) is 24.3 Å². The van der Waals surface area contributed by atoms with Crippen LogP contribution in [-0.2, 0) is 6.54 Å². The number of rotatable bonds is 4. The van der Waals surface area contributed by atoms with Crippen LogP contribution < -0.4 is 10.6 Å². The first-order valence-electron chi connectivity index (χ1n) is 6.24. The maximum Gasteiger partial charge on any atom is 0.269 e. The molecule has 1 amide bonds. The van der Waals surface area contributed by atoms with E-state index in [1.165, 1.54) is 4.80 Å². The largest absolute Gasteiger partial charge is 0.299 e. The van der Waals surface area contributed by atoms with Crippen molar-refractivity contribution in [2.45, 2.75) is 19.9 Å². The minimum Gasteiger partial charge on any atom is -0.299 e. The van der Waals surface area contributed by atoms with Crippen molar-refractivity contribution in [3.8, 4) is 0 Å². The van der Waals surface area contributed by atoms with E-state index in [9.17, 15) is 4.79 Å². The van der Waals surface area contributed by atoms with Gasteiger partial charge in [-0.25, -0.2) is 0 Å². The fourth-order valence-electron chi connectivity index (χ4n) is 1.53. The number of aryl methyl sites for hydroxylation is 1. The van der Waals surface area contributed by atoms with E-state index in [-0.39, 0.29) is 17.0 Å². The highest BCUT2D eigenvalue weighted by Gasteiger charge is 2.10. The van der Waals surface area contributed by atoms with Crippen molar-refractivity contribution < 1.29 is 4.79 Å². The number of aromatic nitrogens is 4. The number of thiocarbonyl (C=S) groups is 1. The summed E-state index contributed by atoms with van der Waals surface area (Å²) in [5.74, 6) is -0.129. The number of anilines is 1. The van der Waals surface area contributed by atoms with E-state index in [1.807, 2.05) is 6.92 Å². The maximum absolute atomic E-state index is 11.9. The Kier molecular flexibility index (Phi) is 5.18. The minimum atomic E-state index is -0.365. The summed E-state index contributed by atoms with van der Waals surface area (Å²) in [5.41, 5.74) is 0.411. The first kappa shape index (κ1) is 15.3. The number of carbonyl (C=O) groups excluding carboxylic acids is 1. The van der Waals surface area contributed by atoms with Gasteiger partial charge in [0.05, 0.1) is 6.54 Å². The van der Waals surface area contributed by atoms with E-state index >= 15 is 0 Å². The average molecular weight is 325 g/mol. The second-order valence-corrected chi connectivity index (χ2v) is 4.97. The molecule has 0 atom stereocenters. The third-order valence-electron chi connectivity index (χ3n) is 2.42. The Bertz CT molecular complexity index is 659. The molecule has 0 unspecified atom stereocenters. The van der Waals surface area contributed by atoms with Crippen LogP contribution in [0.2, 0.25) is 5.02 Å². The van der Waals surface area contributed by atoms with Gasteiger partial charge in [0.2, 0.25) is 0 Å². The first-order chi connectivity index (χ1) is 10.1. The van der Waals surface area contributed by atoms with Gasteiger partial charge in [0.25, 0.3) is 11.9 Å². The Balaban J connectivity index is 1.93. The minimum absolute atomic E-state index is 0.0935. The summed E-state index contributed by atoms with van der Waals surface area (Å²) in [7, 11) is 0. The molecule has 2 N–H and O–H groups in total. The summed E-state index contributed by atoms with van der Waals surface area (Å²) in [6, 6.07) is 6.56. The van der Waals surface area contributed by atoms with Gasteiger partial charge in [-0.2, -0.15) is 4.80 Å². The molecule has 1 aromatic heterocycles. The smallest absolute Gasteiger partial charge is 0.269 e. The Morgan fingerprint density at radius 3 is 3.00 bits per heavy atom. The molecule has 0 saturated heterocycles. The maximum atomic E-state index is 11.9. The molecule has 1 heterocycles. The van der Waals surface area contributed by atoms with E-state index < -0.39 is 0 Å². The molecule has 0 bridgehead atoms. The fraction of sp³-hybridized carbons (Fsp3) is 0.250. The number of halogens is 1. The molecule has 0 fully saturated rings. The van der Waals surface area contributed by atoms with Crippen molar-refractivity contribution in [1.29, 1.82) is 0 Å². The molecule has 0 aliphatic carbocycles. The van der Waals surface area contributed by atoms with Gasteiger partial charge in [-0.1, -0.05) is 29.7 Å². The highest BCUT2D eigenvalue weighted by atomic mass is 35.5. The lowest BCUT2D eigenvalue weighted by Gasteiger charge is -2.06. The van der Waals surface area contributed by atoms with Crippen molar-refractivity contribution in [2.24, 2.45) is 0 Å². The summed E-state index contributed by atoms with van der Waals surface area (Å²) in [4.78, 5) is 13.4. The van der Waals surface area contributed by atoms with Crippen molar-refractivity contribution in [3.05, 3.63) is 34.9 Å². The lowest BCUT2D eigenvalue weighted by atomic mass is 10.2. The van der Waals surface area contributed by atoms with Crippen molar-refractivity contribution in [1.82, 2.24) is 25.5 Å². The number of hydrogen-bond acceptors (Lipinski definition) is 5. The van der Waals surface area contributed by atoms with Crippen LogP contribution in [0.5, 0.6) is 0 Å². The van der Waals surface area contributed by atoms with Crippen molar-refractivity contribution >= 4 is 40.8 Å². The van der Waals surface area contributed by atoms with Crippen LogP contribution in [0, 0.1) is 0 Å². The number of tetrazole rings is 1. The summed E-state index contributed by atoms with van der Waals surface area (Å²) in [5, 5.41) is 17.5. The van der Waals surface area contributed by atoms with Gasteiger partial charge in [-0.05, 0) is 42.1 Å². The molecule has 0 spiro atoms. The van der Waals surface area contributed by atoms with Crippen LogP contribution in [0.25, 0.3) is 0 Å². The molecule has 0 radical (unpaired) electrons. The second-order valence-electron chi connectivity index (χ2n) is 4.13. The molecule has 21 heavy (non-hydrogen) atoms. The lowest BCUT2D eigenvalue weighted by molar-refractivity contribution is 0.0977. The Labute approximate surface area is 131 Å². The highest BCUT2D eigenvalue weighted by molar-refractivity contribution is 7.80. The fourth-order valence-corrected chi connectivity index (χ4v) is 1.90. The van der Waals surface area contributed by atoms with Crippen LogP contribution in [0.3, 0.4) is 0 Å². The zero-order valence-electron chi connectivity index (χ0n) is 11.2. The molecular weight excluding hydrogens is 312 g/mol. The molecule has 1 aromatic carbocycles. The molecule has 9 heteroatoms. The zero-order valence-corrected chi connectivity index (χ0v) is 12.8. The SMILES string of the molecule is CCCn1nnc(NC(=S)NC(=O)c2cccc(Cl)c2)n1. The van der Waals surface area contributed by atoms with E-state index in [4.69, 9.17) is 23.8 Å². The summed E-state index contributed by atoms with van der Waals surface area (Å²) >= 11 is 10.9. The normalized spacial score (nSPS) is 10.2. The van der Waals surface area contributed by atoms with E-state index in [0.717, 1.165) is 6.42 Å².